The first-order valence-electron chi connectivity index (χ1n) is 8.59. The number of benzene rings is 2. The Morgan fingerprint density at radius 3 is 2.44 bits per heavy atom. The quantitative estimate of drug-likeness (QED) is 0.938. The predicted octanol–water partition coefficient (Wildman–Crippen LogP) is 2.97. The van der Waals surface area contributed by atoms with Crippen molar-refractivity contribution in [3.8, 4) is 5.75 Å². The maximum absolute atomic E-state index is 13.2. The standard InChI is InChI=1S/C21H21NO3/c1-25-18-9-7-14(8-10-18)19-12-16-11-17(23)13-22(16)21(24)20(19)15-5-3-2-4-6-15/h2-10,16-17,23H,11-13H2,1H3/t16-,17-/m1/s1. The van der Waals surface area contributed by atoms with Gasteiger partial charge in [0.2, 0.25) is 0 Å². The van der Waals surface area contributed by atoms with Crippen LogP contribution in [0, 0.1) is 0 Å². The van der Waals surface area contributed by atoms with E-state index in [4.69, 9.17) is 4.74 Å². The van der Waals surface area contributed by atoms with Gasteiger partial charge in [-0.2, -0.15) is 0 Å². The van der Waals surface area contributed by atoms with Gasteiger partial charge in [0.1, 0.15) is 5.75 Å². The molecule has 25 heavy (non-hydrogen) atoms. The Bertz CT molecular complexity index is 811. The second-order valence-corrected chi connectivity index (χ2v) is 6.65. The fourth-order valence-corrected chi connectivity index (χ4v) is 3.90. The molecule has 1 saturated heterocycles. The summed E-state index contributed by atoms with van der Waals surface area (Å²) in [5.74, 6) is 0.815. The predicted molar refractivity (Wildman–Crippen MR) is 97.0 cm³/mol. The summed E-state index contributed by atoms with van der Waals surface area (Å²) in [4.78, 5) is 15.0. The largest absolute Gasteiger partial charge is 0.497 e. The van der Waals surface area contributed by atoms with Gasteiger partial charge in [-0.1, -0.05) is 42.5 Å². The van der Waals surface area contributed by atoms with E-state index in [2.05, 4.69) is 0 Å². The summed E-state index contributed by atoms with van der Waals surface area (Å²) in [7, 11) is 1.64. The number of hydrogen-bond donors (Lipinski definition) is 1. The Labute approximate surface area is 147 Å². The minimum Gasteiger partial charge on any atom is -0.497 e. The van der Waals surface area contributed by atoms with Crippen LogP contribution in [0.3, 0.4) is 0 Å². The van der Waals surface area contributed by atoms with E-state index in [-0.39, 0.29) is 11.9 Å². The van der Waals surface area contributed by atoms with Crippen LogP contribution >= 0.6 is 0 Å². The lowest BCUT2D eigenvalue weighted by Gasteiger charge is -2.33. The lowest BCUT2D eigenvalue weighted by Crippen LogP contribution is -2.40. The summed E-state index contributed by atoms with van der Waals surface area (Å²) >= 11 is 0. The molecule has 0 aromatic heterocycles. The number of amides is 1. The normalized spacial score (nSPS) is 23.0. The van der Waals surface area contributed by atoms with Gasteiger partial charge in [0.15, 0.2) is 0 Å². The fraction of sp³-hybridized carbons (Fsp3) is 0.286. The molecule has 0 aliphatic carbocycles. The third-order valence-electron chi connectivity index (χ3n) is 5.11. The van der Waals surface area contributed by atoms with Crippen LogP contribution in [-0.4, -0.2) is 41.7 Å². The lowest BCUT2D eigenvalue weighted by molar-refractivity contribution is -0.126. The topological polar surface area (TPSA) is 49.8 Å². The van der Waals surface area contributed by atoms with E-state index in [1.165, 1.54) is 0 Å². The molecular weight excluding hydrogens is 314 g/mol. The maximum atomic E-state index is 13.2. The molecule has 0 bridgehead atoms. The van der Waals surface area contributed by atoms with Gasteiger partial charge in [-0.05, 0) is 41.7 Å². The molecule has 1 amide bonds. The Morgan fingerprint density at radius 2 is 1.76 bits per heavy atom. The molecule has 2 heterocycles. The van der Waals surface area contributed by atoms with E-state index in [9.17, 15) is 9.90 Å². The Balaban J connectivity index is 1.84. The van der Waals surface area contributed by atoms with E-state index in [0.717, 1.165) is 34.4 Å². The Hall–Kier alpha value is -2.59. The molecule has 2 aliphatic rings. The van der Waals surface area contributed by atoms with E-state index >= 15 is 0 Å². The van der Waals surface area contributed by atoms with Crippen molar-refractivity contribution >= 4 is 17.1 Å². The molecule has 0 radical (unpaired) electrons. The van der Waals surface area contributed by atoms with Crippen LogP contribution in [0.1, 0.15) is 24.0 Å². The average molecular weight is 335 g/mol. The monoisotopic (exact) mass is 335 g/mol. The van der Waals surface area contributed by atoms with E-state index in [0.29, 0.717) is 13.0 Å². The van der Waals surface area contributed by atoms with Crippen molar-refractivity contribution in [3.05, 3.63) is 65.7 Å². The molecule has 4 rings (SSSR count). The minimum atomic E-state index is -0.429. The van der Waals surface area contributed by atoms with Gasteiger partial charge in [-0.15, -0.1) is 0 Å². The zero-order valence-electron chi connectivity index (χ0n) is 14.2. The highest BCUT2D eigenvalue weighted by Gasteiger charge is 2.41. The molecular formula is C21H21NO3. The number of carbonyl (C=O) groups is 1. The van der Waals surface area contributed by atoms with Crippen molar-refractivity contribution in [1.82, 2.24) is 4.90 Å². The van der Waals surface area contributed by atoms with Gasteiger partial charge >= 0.3 is 0 Å². The molecule has 1 N–H and O–H groups in total. The molecule has 0 spiro atoms. The van der Waals surface area contributed by atoms with Crippen molar-refractivity contribution in [3.63, 3.8) is 0 Å². The number of carbonyl (C=O) groups excluding carboxylic acids is 1. The maximum Gasteiger partial charge on any atom is 0.255 e. The first kappa shape index (κ1) is 15.9. The first-order chi connectivity index (χ1) is 12.2. The molecule has 4 nitrogen and oxygen atoms in total. The van der Waals surface area contributed by atoms with Crippen LogP contribution in [0.25, 0.3) is 11.1 Å². The highest BCUT2D eigenvalue weighted by atomic mass is 16.5. The van der Waals surface area contributed by atoms with Gasteiger partial charge in [0.25, 0.3) is 5.91 Å². The van der Waals surface area contributed by atoms with E-state index in [1.807, 2.05) is 59.5 Å². The van der Waals surface area contributed by atoms with Crippen LogP contribution < -0.4 is 4.74 Å². The molecule has 2 atom stereocenters. The van der Waals surface area contributed by atoms with Crippen LogP contribution in [0.2, 0.25) is 0 Å². The smallest absolute Gasteiger partial charge is 0.255 e. The van der Waals surface area contributed by atoms with Gasteiger partial charge < -0.3 is 14.7 Å². The van der Waals surface area contributed by atoms with Gasteiger partial charge in [0.05, 0.1) is 18.8 Å². The number of methoxy groups -OCH3 is 1. The van der Waals surface area contributed by atoms with Crippen LogP contribution in [0.15, 0.2) is 54.6 Å². The second kappa shape index (κ2) is 6.37. The van der Waals surface area contributed by atoms with Gasteiger partial charge in [0, 0.05) is 12.6 Å². The Kier molecular flexibility index (Phi) is 4.06. The van der Waals surface area contributed by atoms with Crippen LogP contribution in [0.5, 0.6) is 5.75 Å². The summed E-state index contributed by atoms with van der Waals surface area (Å²) in [6, 6.07) is 17.7. The van der Waals surface area contributed by atoms with Crippen LogP contribution in [0.4, 0.5) is 0 Å². The summed E-state index contributed by atoms with van der Waals surface area (Å²) in [5, 5.41) is 10.0. The molecule has 1 fully saturated rings. The zero-order valence-corrected chi connectivity index (χ0v) is 14.2. The molecule has 2 aliphatic heterocycles. The van der Waals surface area contributed by atoms with Crippen molar-refractivity contribution in [2.45, 2.75) is 25.0 Å². The molecule has 4 heteroatoms. The molecule has 2 aromatic carbocycles. The van der Waals surface area contributed by atoms with Crippen molar-refractivity contribution < 1.29 is 14.6 Å². The number of aliphatic hydroxyl groups excluding tert-OH is 1. The Morgan fingerprint density at radius 1 is 1.04 bits per heavy atom. The number of fused-ring (bicyclic) bond motifs is 1. The third kappa shape index (κ3) is 2.83. The minimum absolute atomic E-state index is 0.0184. The SMILES string of the molecule is COc1ccc(C2=C(c3ccccc3)C(=O)N3C[C@H](O)C[C@@H]3C2)cc1. The summed E-state index contributed by atoms with van der Waals surface area (Å²) in [6.07, 6.45) is 0.980. The van der Waals surface area contributed by atoms with Gasteiger partial charge in [-0.3, -0.25) is 4.79 Å². The number of aliphatic hydroxyl groups is 1. The highest BCUT2D eigenvalue weighted by molar-refractivity contribution is 6.28. The van der Waals surface area contributed by atoms with Crippen molar-refractivity contribution in [2.24, 2.45) is 0 Å². The summed E-state index contributed by atoms with van der Waals surface area (Å²) in [6.45, 7) is 0.426. The lowest BCUT2D eigenvalue weighted by atomic mass is 9.85. The molecule has 0 unspecified atom stereocenters. The van der Waals surface area contributed by atoms with Crippen LogP contribution in [-0.2, 0) is 4.79 Å². The van der Waals surface area contributed by atoms with Crippen molar-refractivity contribution in [2.75, 3.05) is 13.7 Å². The summed E-state index contributed by atoms with van der Waals surface area (Å²) < 4.78 is 5.25. The number of rotatable bonds is 3. The first-order valence-corrected chi connectivity index (χ1v) is 8.59. The van der Waals surface area contributed by atoms with Gasteiger partial charge in [-0.25, -0.2) is 0 Å². The number of hydrogen-bond acceptors (Lipinski definition) is 3. The third-order valence-corrected chi connectivity index (χ3v) is 5.11. The summed E-state index contributed by atoms with van der Waals surface area (Å²) in [5.41, 5.74) is 3.76. The molecule has 0 saturated carbocycles. The second-order valence-electron chi connectivity index (χ2n) is 6.65. The highest BCUT2D eigenvalue weighted by Crippen LogP contribution is 2.40. The van der Waals surface area contributed by atoms with E-state index in [1.54, 1.807) is 7.11 Å². The fourth-order valence-electron chi connectivity index (χ4n) is 3.90. The molecule has 128 valence electrons. The molecule has 2 aromatic rings. The number of ether oxygens (including phenoxy) is 1. The van der Waals surface area contributed by atoms with E-state index < -0.39 is 6.10 Å². The zero-order chi connectivity index (χ0) is 17.4. The average Bonchev–Trinajstić information content (AvgIpc) is 3.03. The number of nitrogens with zero attached hydrogens (tertiary/aromatic N) is 1. The van der Waals surface area contributed by atoms with Crippen molar-refractivity contribution in [1.29, 1.82) is 0 Å².